The van der Waals surface area contributed by atoms with Gasteiger partial charge in [0.1, 0.15) is 0 Å². The number of allylic oxidation sites excluding steroid dienone is 4. The predicted octanol–water partition coefficient (Wildman–Crippen LogP) is 6.25. The maximum Gasteiger partial charge on any atom is 0.0461 e. The van der Waals surface area contributed by atoms with Gasteiger partial charge >= 0.3 is 0 Å². The lowest BCUT2D eigenvalue weighted by molar-refractivity contribution is 0.958. The van der Waals surface area contributed by atoms with Crippen LogP contribution in [0.2, 0.25) is 0 Å². The molecule has 0 heterocycles. The quantitative estimate of drug-likeness (QED) is 0.544. The summed E-state index contributed by atoms with van der Waals surface area (Å²) >= 11 is 0. The Bertz CT molecular complexity index is 584. The van der Waals surface area contributed by atoms with Gasteiger partial charge in [0, 0.05) is 17.1 Å². The lowest BCUT2D eigenvalue weighted by atomic mass is 10.2. The van der Waals surface area contributed by atoms with E-state index in [2.05, 4.69) is 85.2 Å². The molecule has 2 aromatic carbocycles. The lowest BCUT2D eigenvalue weighted by Gasteiger charge is -2.26. The summed E-state index contributed by atoms with van der Waals surface area (Å²) in [5, 5.41) is 0. The van der Waals surface area contributed by atoms with Gasteiger partial charge in [0.25, 0.3) is 0 Å². The SMILES string of the molecule is C=C/C(=C\C=C\CCC)N(c1ccccc1)c1ccccc1. The zero-order chi connectivity index (χ0) is 15.6. The Kier molecular flexibility index (Phi) is 6.25. The molecular formula is C21H23N. The van der Waals surface area contributed by atoms with Gasteiger partial charge in [-0.3, -0.25) is 0 Å². The first-order valence-electron chi connectivity index (χ1n) is 7.76. The van der Waals surface area contributed by atoms with E-state index in [-0.39, 0.29) is 0 Å². The highest BCUT2D eigenvalue weighted by Gasteiger charge is 2.11. The third-order valence-corrected chi connectivity index (χ3v) is 3.35. The van der Waals surface area contributed by atoms with Gasteiger partial charge in [-0.05, 0) is 42.8 Å². The smallest absolute Gasteiger partial charge is 0.0461 e. The second-order valence-corrected chi connectivity index (χ2v) is 5.02. The van der Waals surface area contributed by atoms with Crippen molar-refractivity contribution in [3.8, 4) is 0 Å². The fourth-order valence-electron chi connectivity index (χ4n) is 2.26. The fraction of sp³-hybridized carbons (Fsp3) is 0.143. The van der Waals surface area contributed by atoms with E-state index in [0.717, 1.165) is 29.9 Å². The molecule has 0 atom stereocenters. The van der Waals surface area contributed by atoms with Gasteiger partial charge in [-0.15, -0.1) is 0 Å². The van der Waals surface area contributed by atoms with E-state index in [9.17, 15) is 0 Å². The first kappa shape index (κ1) is 15.8. The molecule has 0 bridgehead atoms. The number of hydrogen-bond acceptors (Lipinski definition) is 1. The molecule has 0 aliphatic carbocycles. The number of nitrogens with zero attached hydrogens (tertiary/aromatic N) is 1. The van der Waals surface area contributed by atoms with E-state index >= 15 is 0 Å². The average Bonchev–Trinajstić information content (AvgIpc) is 2.59. The minimum atomic E-state index is 1.06. The maximum absolute atomic E-state index is 3.99. The number of hydrogen-bond donors (Lipinski definition) is 0. The summed E-state index contributed by atoms with van der Waals surface area (Å²) in [6.07, 6.45) is 10.6. The summed E-state index contributed by atoms with van der Waals surface area (Å²) in [5.41, 5.74) is 3.32. The fourth-order valence-corrected chi connectivity index (χ4v) is 2.26. The van der Waals surface area contributed by atoms with Gasteiger partial charge in [-0.1, -0.05) is 68.5 Å². The molecule has 0 saturated heterocycles. The summed E-state index contributed by atoms with van der Waals surface area (Å²) in [4.78, 5) is 2.21. The number of anilines is 2. The van der Waals surface area contributed by atoms with Crippen molar-refractivity contribution in [1.82, 2.24) is 0 Å². The second-order valence-electron chi connectivity index (χ2n) is 5.02. The number of rotatable bonds is 7. The lowest BCUT2D eigenvalue weighted by Crippen LogP contribution is -2.14. The van der Waals surface area contributed by atoms with Crippen LogP contribution in [0, 0.1) is 0 Å². The van der Waals surface area contributed by atoms with Gasteiger partial charge in [-0.2, -0.15) is 0 Å². The van der Waals surface area contributed by atoms with E-state index in [4.69, 9.17) is 0 Å². The molecule has 0 N–H and O–H groups in total. The van der Waals surface area contributed by atoms with Crippen molar-refractivity contribution in [2.45, 2.75) is 19.8 Å². The number of benzene rings is 2. The van der Waals surface area contributed by atoms with Crippen LogP contribution in [-0.4, -0.2) is 0 Å². The molecule has 0 radical (unpaired) electrons. The van der Waals surface area contributed by atoms with E-state index in [1.807, 2.05) is 18.2 Å². The predicted molar refractivity (Wildman–Crippen MR) is 97.4 cm³/mol. The highest BCUT2D eigenvalue weighted by Crippen LogP contribution is 2.29. The van der Waals surface area contributed by atoms with Gasteiger partial charge in [0.05, 0.1) is 0 Å². The van der Waals surface area contributed by atoms with Crippen LogP contribution in [0.1, 0.15) is 19.8 Å². The highest BCUT2D eigenvalue weighted by molar-refractivity contribution is 5.70. The highest BCUT2D eigenvalue weighted by atomic mass is 15.1. The molecular weight excluding hydrogens is 266 g/mol. The van der Waals surface area contributed by atoms with E-state index in [0.29, 0.717) is 0 Å². The number of unbranched alkanes of at least 4 members (excludes halogenated alkanes) is 1. The van der Waals surface area contributed by atoms with Crippen molar-refractivity contribution in [1.29, 1.82) is 0 Å². The van der Waals surface area contributed by atoms with E-state index < -0.39 is 0 Å². The molecule has 0 unspecified atom stereocenters. The van der Waals surface area contributed by atoms with Crippen LogP contribution in [0.3, 0.4) is 0 Å². The van der Waals surface area contributed by atoms with Crippen LogP contribution in [0.5, 0.6) is 0 Å². The largest absolute Gasteiger partial charge is 0.311 e. The van der Waals surface area contributed by atoms with E-state index in [1.54, 1.807) is 0 Å². The molecule has 0 aromatic heterocycles. The Morgan fingerprint density at radius 3 is 1.95 bits per heavy atom. The van der Waals surface area contributed by atoms with E-state index in [1.165, 1.54) is 0 Å². The van der Waals surface area contributed by atoms with Crippen LogP contribution in [0.4, 0.5) is 11.4 Å². The monoisotopic (exact) mass is 289 g/mol. The summed E-state index contributed by atoms with van der Waals surface area (Å²) in [6.45, 7) is 6.17. The number of para-hydroxylation sites is 2. The molecule has 1 nitrogen and oxygen atoms in total. The molecule has 0 aliphatic rings. The first-order chi connectivity index (χ1) is 10.9. The Morgan fingerprint density at radius 2 is 1.50 bits per heavy atom. The zero-order valence-corrected chi connectivity index (χ0v) is 13.2. The molecule has 112 valence electrons. The van der Waals surface area contributed by atoms with Crippen LogP contribution in [-0.2, 0) is 0 Å². The third-order valence-electron chi connectivity index (χ3n) is 3.35. The molecule has 0 saturated carbocycles. The Balaban J connectivity index is 2.41. The standard InChI is InChI=1S/C21H23N/c1-3-5-6-9-14-19(4-2)22(20-15-10-7-11-16-20)21-17-12-8-13-18-21/h4,6-18H,2-3,5H2,1H3/b9-6+,19-14+. The van der Waals surface area contributed by atoms with Crippen molar-refractivity contribution in [2.75, 3.05) is 4.90 Å². The van der Waals surface area contributed by atoms with Crippen LogP contribution < -0.4 is 4.90 Å². The molecule has 0 spiro atoms. The van der Waals surface area contributed by atoms with Crippen molar-refractivity contribution >= 4 is 11.4 Å². The molecule has 0 fully saturated rings. The summed E-state index contributed by atoms with van der Waals surface area (Å²) in [5.74, 6) is 0. The van der Waals surface area contributed by atoms with Crippen molar-refractivity contribution < 1.29 is 0 Å². The van der Waals surface area contributed by atoms with Crippen molar-refractivity contribution in [2.24, 2.45) is 0 Å². The normalized spacial score (nSPS) is 11.6. The molecule has 2 aromatic rings. The molecule has 1 heteroatoms. The Morgan fingerprint density at radius 1 is 0.955 bits per heavy atom. The average molecular weight is 289 g/mol. The van der Waals surface area contributed by atoms with Gasteiger partial charge in [0.15, 0.2) is 0 Å². The molecule has 2 rings (SSSR count). The summed E-state index contributed by atoms with van der Waals surface area (Å²) in [7, 11) is 0. The third kappa shape index (κ3) is 4.23. The minimum absolute atomic E-state index is 1.06. The Labute approximate surface area is 133 Å². The van der Waals surface area contributed by atoms with Crippen LogP contribution in [0.25, 0.3) is 0 Å². The molecule has 0 amide bonds. The second kappa shape index (κ2) is 8.68. The summed E-state index contributed by atoms with van der Waals surface area (Å²) < 4.78 is 0. The Hall–Kier alpha value is -2.54. The maximum atomic E-state index is 3.99. The minimum Gasteiger partial charge on any atom is -0.311 e. The first-order valence-corrected chi connectivity index (χ1v) is 7.76. The van der Waals surface area contributed by atoms with Crippen LogP contribution >= 0.6 is 0 Å². The van der Waals surface area contributed by atoms with Gasteiger partial charge in [0.2, 0.25) is 0 Å². The van der Waals surface area contributed by atoms with Crippen molar-refractivity contribution in [3.63, 3.8) is 0 Å². The van der Waals surface area contributed by atoms with Gasteiger partial charge < -0.3 is 4.90 Å². The molecule has 22 heavy (non-hydrogen) atoms. The summed E-state index contributed by atoms with van der Waals surface area (Å²) in [6, 6.07) is 20.7. The zero-order valence-electron chi connectivity index (χ0n) is 13.2. The van der Waals surface area contributed by atoms with Crippen molar-refractivity contribution in [3.05, 3.63) is 97.2 Å². The van der Waals surface area contributed by atoms with Crippen LogP contribution in [0.15, 0.2) is 97.2 Å². The molecule has 0 aliphatic heterocycles. The topological polar surface area (TPSA) is 3.24 Å². The van der Waals surface area contributed by atoms with Gasteiger partial charge in [-0.25, -0.2) is 0 Å².